The van der Waals surface area contributed by atoms with Crippen molar-refractivity contribution in [3.8, 4) is 0 Å². The fourth-order valence-corrected chi connectivity index (χ4v) is 4.06. The van der Waals surface area contributed by atoms with Crippen LogP contribution in [0.4, 0.5) is 0 Å². The van der Waals surface area contributed by atoms with Crippen LogP contribution in [-0.2, 0) is 6.54 Å². The Bertz CT molecular complexity index is 650. The van der Waals surface area contributed by atoms with Crippen molar-refractivity contribution in [1.82, 2.24) is 24.8 Å². The van der Waals surface area contributed by atoms with Gasteiger partial charge in [0.15, 0.2) is 5.65 Å². The maximum Gasteiger partial charge on any atom is 0.159 e. The standard InChI is InChI=1S/C18H27N5/c1-22-11-6-15(7-12-22)17-21-16-3-2-8-20-18(16)23(17)13-14-4-9-19-10-5-14/h2-3,8,14-15,19H,4-7,9-13H2,1H3. The van der Waals surface area contributed by atoms with Crippen molar-refractivity contribution < 1.29 is 0 Å². The Morgan fingerprint density at radius 3 is 2.74 bits per heavy atom. The predicted molar refractivity (Wildman–Crippen MR) is 92.6 cm³/mol. The molecule has 2 aliphatic rings. The van der Waals surface area contributed by atoms with E-state index in [9.17, 15) is 0 Å². The Morgan fingerprint density at radius 2 is 1.96 bits per heavy atom. The van der Waals surface area contributed by atoms with Crippen LogP contribution >= 0.6 is 0 Å². The number of nitrogens with one attached hydrogen (secondary N) is 1. The Kier molecular flexibility index (Phi) is 4.31. The van der Waals surface area contributed by atoms with E-state index in [2.05, 4.69) is 32.9 Å². The third-order valence-corrected chi connectivity index (χ3v) is 5.52. The molecule has 2 fully saturated rings. The molecule has 2 aromatic heterocycles. The second-order valence-corrected chi connectivity index (χ2v) is 7.20. The van der Waals surface area contributed by atoms with E-state index in [-0.39, 0.29) is 0 Å². The molecule has 0 saturated carbocycles. The van der Waals surface area contributed by atoms with Crippen LogP contribution < -0.4 is 5.32 Å². The molecular weight excluding hydrogens is 286 g/mol. The van der Waals surface area contributed by atoms with Crippen molar-refractivity contribution in [1.29, 1.82) is 0 Å². The molecule has 0 unspecified atom stereocenters. The summed E-state index contributed by atoms with van der Waals surface area (Å²) in [5.74, 6) is 2.62. The van der Waals surface area contributed by atoms with Crippen molar-refractivity contribution in [3.63, 3.8) is 0 Å². The minimum absolute atomic E-state index is 0.585. The fraction of sp³-hybridized carbons (Fsp3) is 0.667. The normalized spacial score (nSPS) is 22.0. The maximum atomic E-state index is 4.99. The fourth-order valence-electron chi connectivity index (χ4n) is 4.06. The van der Waals surface area contributed by atoms with Crippen molar-refractivity contribution in [3.05, 3.63) is 24.2 Å². The molecule has 5 nitrogen and oxygen atoms in total. The minimum atomic E-state index is 0.585. The van der Waals surface area contributed by atoms with Gasteiger partial charge in [0.25, 0.3) is 0 Å². The lowest BCUT2D eigenvalue weighted by atomic mass is 9.95. The van der Waals surface area contributed by atoms with Crippen LogP contribution in [0, 0.1) is 5.92 Å². The van der Waals surface area contributed by atoms with E-state index in [0.717, 1.165) is 36.7 Å². The molecule has 0 radical (unpaired) electrons. The third kappa shape index (κ3) is 3.12. The molecular formula is C18H27N5. The van der Waals surface area contributed by atoms with E-state index in [1.165, 1.54) is 44.6 Å². The first-order valence-corrected chi connectivity index (χ1v) is 9.01. The second kappa shape index (κ2) is 6.57. The van der Waals surface area contributed by atoms with Crippen LogP contribution in [0.2, 0.25) is 0 Å². The van der Waals surface area contributed by atoms with Gasteiger partial charge in [-0.15, -0.1) is 0 Å². The van der Waals surface area contributed by atoms with Gasteiger partial charge >= 0.3 is 0 Å². The lowest BCUT2D eigenvalue weighted by Crippen LogP contribution is -2.32. The average molecular weight is 313 g/mol. The third-order valence-electron chi connectivity index (χ3n) is 5.52. The van der Waals surface area contributed by atoms with Gasteiger partial charge in [-0.05, 0) is 77.0 Å². The van der Waals surface area contributed by atoms with E-state index in [4.69, 9.17) is 4.98 Å². The Labute approximate surface area is 138 Å². The van der Waals surface area contributed by atoms with Gasteiger partial charge in [0.05, 0.1) is 0 Å². The number of pyridine rings is 1. The van der Waals surface area contributed by atoms with E-state index >= 15 is 0 Å². The number of aromatic nitrogens is 3. The zero-order valence-corrected chi connectivity index (χ0v) is 14.0. The van der Waals surface area contributed by atoms with Crippen molar-refractivity contribution in [2.45, 2.75) is 38.1 Å². The number of likely N-dealkylation sites (tertiary alicyclic amines) is 1. The predicted octanol–water partition coefficient (Wildman–Crippen LogP) is 2.24. The molecule has 4 rings (SSSR count). The van der Waals surface area contributed by atoms with E-state index in [1.807, 2.05) is 12.3 Å². The summed E-state index contributed by atoms with van der Waals surface area (Å²) in [6.45, 7) is 5.72. The minimum Gasteiger partial charge on any atom is -0.317 e. The number of rotatable bonds is 3. The molecule has 0 amide bonds. The summed E-state index contributed by atoms with van der Waals surface area (Å²) in [5.41, 5.74) is 2.15. The van der Waals surface area contributed by atoms with Crippen molar-refractivity contribution in [2.24, 2.45) is 5.92 Å². The summed E-state index contributed by atoms with van der Waals surface area (Å²) in [5, 5.41) is 3.47. The molecule has 0 bridgehead atoms. The van der Waals surface area contributed by atoms with Gasteiger partial charge < -0.3 is 14.8 Å². The summed E-state index contributed by atoms with van der Waals surface area (Å²) in [6.07, 6.45) is 6.86. The zero-order chi connectivity index (χ0) is 15.6. The highest BCUT2D eigenvalue weighted by Crippen LogP contribution is 2.30. The van der Waals surface area contributed by atoms with Gasteiger partial charge in [-0.1, -0.05) is 0 Å². The number of hydrogen-bond acceptors (Lipinski definition) is 4. The van der Waals surface area contributed by atoms with Gasteiger partial charge in [-0.2, -0.15) is 0 Å². The van der Waals surface area contributed by atoms with Gasteiger partial charge in [0.1, 0.15) is 11.3 Å². The van der Waals surface area contributed by atoms with Gasteiger partial charge in [-0.3, -0.25) is 0 Å². The van der Waals surface area contributed by atoms with Crippen molar-refractivity contribution in [2.75, 3.05) is 33.2 Å². The molecule has 0 atom stereocenters. The van der Waals surface area contributed by atoms with Crippen LogP contribution in [-0.4, -0.2) is 52.7 Å². The lowest BCUT2D eigenvalue weighted by molar-refractivity contribution is 0.245. The molecule has 1 N–H and O–H groups in total. The quantitative estimate of drug-likeness (QED) is 0.944. The number of fused-ring (bicyclic) bond motifs is 1. The first-order valence-electron chi connectivity index (χ1n) is 9.01. The Morgan fingerprint density at radius 1 is 1.17 bits per heavy atom. The average Bonchev–Trinajstić information content (AvgIpc) is 2.95. The highest BCUT2D eigenvalue weighted by Gasteiger charge is 2.26. The number of imidazole rings is 1. The summed E-state index contributed by atoms with van der Waals surface area (Å²) < 4.78 is 2.45. The van der Waals surface area contributed by atoms with Gasteiger partial charge in [-0.25, -0.2) is 9.97 Å². The SMILES string of the molecule is CN1CCC(c2nc3cccnc3n2CC2CCNCC2)CC1. The van der Waals surface area contributed by atoms with Crippen LogP contribution in [0.15, 0.2) is 18.3 Å². The molecule has 2 aliphatic heterocycles. The molecule has 0 spiro atoms. The van der Waals surface area contributed by atoms with Crippen molar-refractivity contribution >= 4 is 11.2 Å². The molecule has 124 valence electrons. The van der Waals surface area contributed by atoms with Crippen LogP contribution in [0.3, 0.4) is 0 Å². The highest BCUT2D eigenvalue weighted by atomic mass is 15.1. The molecule has 0 aliphatic carbocycles. The first-order chi connectivity index (χ1) is 11.3. The smallest absolute Gasteiger partial charge is 0.159 e. The number of hydrogen-bond donors (Lipinski definition) is 1. The number of piperidine rings is 2. The monoisotopic (exact) mass is 313 g/mol. The van der Waals surface area contributed by atoms with E-state index < -0.39 is 0 Å². The van der Waals surface area contributed by atoms with Crippen LogP contribution in [0.1, 0.15) is 37.4 Å². The second-order valence-electron chi connectivity index (χ2n) is 7.20. The zero-order valence-electron chi connectivity index (χ0n) is 14.0. The Balaban J connectivity index is 1.66. The molecule has 2 saturated heterocycles. The highest BCUT2D eigenvalue weighted by molar-refractivity contribution is 5.71. The first kappa shape index (κ1) is 15.1. The van der Waals surface area contributed by atoms with Gasteiger partial charge in [0, 0.05) is 18.7 Å². The topological polar surface area (TPSA) is 46.0 Å². The molecule has 23 heavy (non-hydrogen) atoms. The lowest BCUT2D eigenvalue weighted by Gasteiger charge is -2.30. The Hall–Kier alpha value is -1.46. The number of nitrogens with zero attached hydrogens (tertiary/aromatic N) is 4. The summed E-state index contributed by atoms with van der Waals surface area (Å²) in [4.78, 5) is 12.1. The summed E-state index contributed by atoms with van der Waals surface area (Å²) >= 11 is 0. The van der Waals surface area contributed by atoms with E-state index in [1.54, 1.807) is 0 Å². The molecule has 4 heterocycles. The van der Waals surface area contributed by atoms with E-state index in [0.29, 0.717) is 5.92 Å². The largest absolute Gasteiger partial charge is 0.317 e. The van der Waals surface area contributed by atoms with Gasteiger partial charge in [0.2, 0.25) is 0 Å². The summed E-state index contributed by atoms with van der Waals surface area (Å²) in [6, 6.07) is 4.11. The van der Waals surface area contributed by atoms with Crippen LogP contribution in [0.25, 0.3) is 11.2 Å². The molecule has 2 aromatic rings. The van der Waals surface area contributed by atoms with Crippen LogP contribution in [0.5, 0.6) is 0 Å². The maximum absolute atomic E-state index is 4.99. The molecule has 0 aromatic carbocycles. The molecule has 5 heteroatoms. The summed E-state index contributed by atoms with van der Waals surface area (Å²) in [7, 11) is 2.22.